The second-order valence-corrected chi connectivity index (χ2v) is 5.78. The summed E-state index contributed by atoms with van der Waals surface area (Å²) in [5, 5.41) is 22.5. The Kier molecular flexibility index (Phi) is 3.13. The molecule has 2 heterocycles. The fraction of sp³-hybridized carbons (Fsp3) is 0.267. The predicted molar refractivity (Wildman–Crippen MR) is 80.2 cm³/mol. The Morgan fingerprint density at radius 3 is 2.82 bits per heavy atom. The van der Waals surface area contributed by atoms with Crippen LogP contribution in [0.3, 0.4) is 0 Å². The van der Waals surface area contributed by atoms with Gasteiger partial charge < -0.3 is 14.8 Å². The number of rotatable bonds is 2. The number of benzene rings is 1. The first-order chi connectivity index (χ1) is 10.4. The van der Waals surface area contributed by atoms with Crippen LogP contribution in [0.1, 0.15) is 13.8 Å². The van der Waals surface area contributed by atoms with Crippen LogP contribution in [0, 0.1) is 15.3 Å². The highest BCUT2D eigenvalue weighted by atomic mass is 16.6. The molecule has 3 rings (SSSR count). The van der Waals surface area contributed by atoms with Gasteiger partial charge in [-0.05, 0) is 26.0 Å². The largest absolute Gasteiger partial charge is 0.619 e. The number of aromatic nitrogens is 1. The zero-order valence-corrected chi connectivity index (χ0v) is 12.2. The molecule has 0 aliphatic carbocycles. The average molecular weight is 301 g/mol. The Bertz CT molecular complexity index is 745. The molecule has 0 spiro atoms. The van der Waals surface area contributed by atoms with Crippen molar-refractivity contribution in [2.45, 2.75) is 19.4 Å². The van der Waals surface area contributed by atoms with Gasteiger partial charge >= 0.3 is 0 Å². The monoisotopic (exact) mass is 301 g/mol. The molecule has 0 fully saturated rings. The van der Waals surface area contributed by atoms with E-state index in [2.05, 4.69) is 0 Å². The summed E-state index contributed by atoms with van der Waals surface area (Å²) in [6.45, 7) is 4.34. The molecule has 0 amide bonds. The van der Waals surface area contributed by atoms with E-state index in [4.69, 9.17) is 4.74 Å². The van der Waals surface area contributed by atoms with Crippen LogP contribution in [0.15, 0.2) is 42.7 Å². The number of hydrogen-bond donors (Lipinski definition) is 0. The first kappa shape index (κ1) is 14.1. The molecule has 7 heteroatoms. The quantitative estimate of drug-likeness (QED) is 0.368. The standard InChI is InChI=1S/C15H15N3O4/c1-15(2)10-17(12-4-3-7-16(19)9-12)13-8-11(18(20)21)5-6-14(13)22-15/h3-9H,10H2,1-2H3. The lowest BCUT2D eigenvalue weighted by molar-refractivity contribution is -0.604. The normalized spacial score (nSPS) is 15.8. The fourth-order valence-corrected chi connectivity index (χ4v) is 2.55. The van der Waals surface area contributed by atoms with Crippen LogP contribution < -0.4 is 14.4 Å². The Morgan fingerprint density at radius 1 is 1.36 bits per heavy atom. The van der Waals surface area contributed by atoms with Crippen molar-refractivity contribution in [1.29, 1.82) is 0 Å². The number of fused-ring (bicyclic) bond motifs is 1. The van der Waals surface area contributed by atoms with E-state index in [0.29, 0.717) is 28.4 Å². The Hall–Kier alpha value is -2.83. The van der Waals surface area contributed by atoms with E-state index in [1.54, 1.807) is 18.2 Å². The summed E-state index contributed by atoms with van der Waals surface area (Å²) in [4.78, 5) is 12.4. The number of nitro benzene ring substituents is 1. The summed E-state index contributed by atoms with van der Waals surface area (Å²) in [5.41, 5.74) is 0.750. The summed E-state index contributed by atoms with van der Waals surface area (Å²) >= 11 is 0. The van der Waals surface area contributed by atoms with Gasteiger partial charge in [-0.3, -0.25) is 10.1 Å². The number of ether oxygens (including phenoxy) is 1. The smallest absolute Gasteiger partial charge is 0.271 e. The van der Waals surface area contributed by atoms with Gasteiger partial charge in [-0.15, -0.1) is 0 Å². The fourth-order valence-electron chi connectivity index (χ4n) is 2.55. The van der Waals surface area contributed by atoms with Crippen LogP contribution in [0.5, 0.6) is 5.75 Å². The van der Waals surface area contributed by atoms with E-state index in [1.807, 2.05) is 18.7 Å². The highest BCUT2D eigenvalue weighted by molar-refractivity contribution is 5.72. The number of anilines is 2. The highest BCUT2D eigenvalue weighted by Crippen LogP contribution is 2.42. The Morgan fingerprint density at radius 2 is 2.14 bits per heavy atom. The molecule has 0 saturated heterocycles. The number of pyridine rings is 1. The Labute approximate surface area is 127 Å². The Balaban J connectivity index is 2.14. The number of hydrogen-bond acceptors (Lipinski definition) is 5. The topological polar surface area (TPSA) is 82.5 Å². The first-order valence-electron chi connectivity index (χ1n) is 6.80. The van der Waals surface area contributed by atoms with Gasteiger partial charge in [0, 0.05) is 18.2 Å². The maximum Gasteiger partial charge on any atom is 0.271 e. The zero-order valence-electron chi connectivity index (χ0n) is 12.2. The first-order valence-corrected chi connectivity index (χ1v) is 6.80. The lowest BCUT2D eigenvalue weighted by Crippen LogP contribution is -2.45. The molecule has 1 aliphatic heterocycles. The van der Waals surface area contributed by atoms with E-state index >= 15 is 0 Å². The molecule has 0 radical (unpaired) electrons. The minimum Gasteiger partial charge on any atom is -0.619 e. The van der Waals surface area contributed by atoms with Crippen LogP contribution in [-0.2, 0) is 0 Å². The molecule has 114 valence electrons. The molecular formula is C15H15N3O4. The van der Waals surface area contributed by atoms with Gasteiger partial charge in [-0.25, -0.2) is 0 Å². The van der Waals surface area contributed by atoms with Crippen molar-refractivity contribution in [2.75, 3.05) is 11.4 Å². The lowest BCUT2D eigenvalue weighted by atomic mass is 10.0. The second kappa shape index (κ2) is 4.87. The maximum atomic E-state index is 11.5. The van der Waals surface area contributed by atoms with Gasteiger partial charge in [0.05, 0.1) is 17.2 Å². The lowest BCUT2D eigenvalue weighted by Gasteiger charge is -2.40. The van der Waals surface area contributed by atoms with Crippen molar-refractivity contribution < 1.29 is 14.4 Å². The van der Waals surface area contributed by atoms with Crippen LogP contribution in [0.4, 0.5) is 17.1 Å². The molecule has 7 nitrogen and oxygen atoms in total. The molecular weight excluding hydrogens is 286 g/mol. The van der Waals surface area contributed by atoms with Gasteiger partial charge in [0.1, 0.15) is 17.0 Å². The average Bonchev–Trinajstić information content (AvgIpc) is 2.45. The van der Waals surface area contributed by atoms with E-state index in [1.165, 1.54) is 24.5 Å². The molecule has 1 aromatic carbocycles. The van der Waals surface area contributed by atoms with Crippen molar-refractivity contribution in [3.05, 3.63) is 58.0 Å². The summed E-state index contributed by atoms with van der Waals surface area (Å²) in [5.74, 6) is 0.558. The minimum atomic E-state index is -0.479. The number of nitro groups is 1. The van der Waals surface area contributed by atoms with E-state index in [9.17, 15) is 15.3 Å². The molecule has 1 aliphatic rings. The van der Waals surface area contributed by atoms with Crippen LogP contribution in [-0.4, -0.2) is 17.1 Å². The van der Waals surface area contributed by atoms with E-state index in [-0.39, 0.29) is 5.69 Å². The number of nitrogens with zero attached hydrogens (tertiary/aromatic N) is 3. The third-order valence-corrected chi connectivity index (χ3v) is 3.44. The van der Waals surface area contributed by atoms with Crippen LogP contribution >= 0.6 is 0 Å². The van der Waals surface area contributed by atoms with E-state index < -0.39 is 10.5 Å². The molecule has 2 aromatic rings. The third kappa shape index (κ3) is 2.52. The predicted octanol–water partition coefficient (Wildman–Crippen LogP) is 2.54. The summed E-state index contributed by atoms with van der Waals surface area (Å²) in [6.07, 6.45) is 2.83. The van der Waals surface area contributed by atoms with Gasteiger partial charge in [-0.2, -0.15) is 4.73 Å². The molecule has 22 heavy (non-hydrogen) atoms. The highest BCUT2D eigenvalue weighted by Gasteiger charge is 2.34. The second-order valence-electron chi connectivity index (χ2n) is 5.78. The van der Waals surface area contributed by atoms with E-state index in [0.717, 1.165) is 0 Å². The molecule has 0 N–H and O–H groups in total. The van der Waals surface area contributed by atoms with Gasteiger partial charge in [0.15, 0.2) is 6.20 Å². The maximum absolute atomic E-state index is 11.5. The minimum absolute atomic E-state index is 0.0158. The molecule has 0 bridgehead atoms. The summed E-state index contributed by atoms with van der Waals surface area (Å²) < 4.78 is 6.59. The molecule has 0 saturated carbocycles. The zero-order chi connectivity index (χ0) is 15.9. The summed E-state index contributed by atoms with van der Waals surface area (Å²) in [7, 11) is 0. The van der Waals surface area contributed by atoms with Crippen LogP contribution in [0.2, 0.25) is 0 Å². The van der Waals surface area contributed by atoms with Gasteiger partial charge in [0.25, 0.3) is 5.69 Å². The van der Waals surface area contributed by atoms with Crippen molar-refractivity contribution in [3.63, 3.8) is 0 Å². The summed E-state index contributed by atoms with van der Waals surface area (Å²) in [6, 6.07) is 7.90. The van der Waals surface area contributed by atoms with Crippen molar-refractivity contribution in [1.82, 2.24) is 0 Å². The van der Waals surface area contributed by atoms with Crippen LogP contribution in [0.25, 0.3) is 0 Å². The molecule has 1 aromatic heterocycles. The van der Waals surface area contributed by atoms with Gasteiger partial charge in [0.2, 0.25) is 6.20 Å². The molecule has 0 unspecified atom stereocenters. The van der Waals surface area contributed by atoms with Gasteiger partial charge in [-0.1, -0.05) is 0 Å². The third-order valence-electron chi connectivity index (χ3n) is 3.44. The number of non-ortho nitro benzene ring substituents is 1. The molecule has 0 atom stereocenters. The SMILES string of the molecule is CC1(C)CN(c2ccc[n+]([O-])c2)c2cc([N+](=O)[O-])ccc2O1. The van der Waals surface area contributed by atoms with Crippen molar-refractivity contribution in [3.8, 4) is 5.75 Å². The van der Waals surface area contributed by atoms with Crippen molar-refractivity contribution >= 4 is 17.1 Å². The van der Waals surface area contributed by atoms with Crippen molar-refractivity contribution in [2.24, 2.45) is 0 Å².